The predicted molar refractivity (Wildman–Crippen MR) is 85.7 cm³/mol. The maximum absolute atomic E-state index is 11.5. The maximum atomic E-state index is 11.5. The third-order valence-corrected chi connectivity index (χ3v) is 5.95. The second-order valence-corrected chi connectivity index (χ2v) is 11.6. The summed E-state index contributed by atoms with van der Waals surface area (Å²) in [7, 11) is -1.24. The third-order valence-electron chi connectivity index (χ3n) is 3.89. The summed E-state index contributed by atoms with van der Waals surface area (Å²) in [6, 6.07) is 8.66. The fraction of sp³-hybridized carbons (Fsp3) is 0.533. The Morgan fingerprint density at radius 2 is 2.00 bits per heavy atom. The van der Waals surface area contributed by atoms with Gasteiger partial charge in [-0.2, -0.15) is 0 Å². The Morgan fingerprint density at radius 1 is 1.35 bits per heavy atom. The molecule has 1 unspecified atom stereocenters. The summed E-state index contributed by atoms with van der Waals surface area (Å²) >= 11 is 0. The molecule has 1 fully saturated rings. The lowest BCUT2D eigenvalue weighted by atomic mass is 10.1. The Hall–Kier alpha value is -1.17. The van der Waals surface area contributed by atoms with Crippen molar-refractivity contribution < 1.29 is 4.79 Å². The van der Waals surface area contributed by atoms with Crippen LogP contribution in [0.1, 0.15) is 5.56 Å². The second-order valence-electron chi connectivity index (χ2n) is 6.54. The molecule has 3 N–H and O–H groups in total. The summed E-state index contributed by atoms with van der Waals surface area (Å²) in [5.41, 5.74) is 6.73. The van der Waals surface area contributed by atoms with Crippen molar-refractivity contribution in [1.82, 2.24) is 10.2 Å². The van der Waals surface area contributed by atoms with Crippen LogP contribution in [0, 0.1) is 0 Å². The first-order valence-corrected chi connectivity index (χ1v) is 10.7. The van der Waals surface area contributed by atoms with Gasteiger partial charge in [0.05, 0.1) is 8.07 Å². The number of piperazine rings is 1. The van der Waals surface area contributed by atoms with Crippen molar-refractivity contribution in [3.8, 4) is 0 Å². The molecule has 0 aromatic heterocycles. The minimum Gasteiger partial charge on any atom is -0.368 e. The molecule has 1 saturated heterocycles. The zero-order chi connectivity index (χ0) is 14.8. The lowest BCUT2D eigenvalue weighted by Gasteiger charge is -2.34. The Bertz CT molecular complexity index is 467. The van der Waals surface area contributed by atoms with E-state index in [4.69, 9.17) is 5.73 Å². The first-order chi connectivity index (χ1) is 9.38. The van der Waals surface area contributed by atoms with E-state index in [0.29, 0.717) is 6.54 Å². The van der Waals surface area contributed by atoms with Gasteiger partial charge in [0.1, 0.15) is 6.04 Å². The van der Waals surface area contributed by atoms with Crippen LogP contribution in [0.5, 0.6) is 0 Å². The maximum Gasteiger partial charge on any atom is 0.236 e. The van der Waals surface area contributed by atoms with Crippen molar-refractivity contribution in [2.75, 3.05) is 19.6 Å². The van der Waals surface area contributed by atoms with E-state index >= 15 is 0 Å². The summed E-state index contributed by atoms with van der Waals surface area (Å²) in [5, 5.41) is 4.69. The SMILES string of the molecule is C[Si](C)(C)c1ccc(CN2CCNCC2C(N)=O)cc1. The first kappa shape index (κ1) is 15.2. The molecule has 0 radical (unpaired) electrons. The normalized spacial score (nSPS) is 20.9. The Kier molecular flexibility index (Phi) is 4.62. The molecule has 1 amide bonds. The van der Waals surface area contributed by atoms with Gasteiger partial charge in [-0.1, -0.05) is 49.1 Å². The molecule has 5 heteroatoms. The molecule has 110 valence electrons. The second kappa shape index (κ2) is 6.07. The summed E-state index contributed by atoms with van der Waals surface area (Å²) in [5.74, 6) is -0.240. The van der Waals surface area contributed by atoms with E-state index < -0.39 is 8.07 Å². The lowest BCUT2D eigenvalue weighted by molar-refractivity contribution is -0.124. The first-order valence-electron chi connectivity index (χ1n) is 7.21. The van der Waals surface area contributed by atoms with Gasteiger partial charge < -0.3 is 11.1 Å². The highest BCUT2D eigenvalue weighted by Crippen LogP contribution is 2.11. The molecule has 1 aromatic rings. The number of primary amides is 1. The minimum absolute atomic E-state index is 0.194. The summed E-state index contributed by atoms with van der Waals surface area (Å²) in [4.78, 5) is 13.7. The number of hydrogen-bond donors (Lipinski definition) is 2. The van der Waals surface area contributed by atoms with Crippen LogP contribution in [0.4, 0.5) is 0 Å². The largest absolute Gasteiger partial charge is 0.368 e. The van der Waals surface area contributed by atoms with Gasteiger partial charge in [0.2, 0.25) is 5.91 Å². The molecule has 2 rings (SSSR count). The van der Waals surface area contributed by atoms with E-state index in [9.17, 15) is 4.79 Å². The number of rotatable bonds is 4. The molecule has 20 heavy (non-hydrogen) atoms. The highest BCUT2D eigenvalue weighted by atomic mass is 28.3. The summed E-state index contributed by atoms with van der Waals surface area (Å²) in [6.45, 7) is 10.3. The number of hydrogen-bond acceptors (Lipinski definition) is 3. The molecule has 1 aromatic carbocycles. The van der Waals surface area contributed by atoms with E-state index in [0.717, 1.165) is 19.6 Å². The standard InChI is InChI=1S/C15H25N3OSi/c1-20(2,3)13-6-4-12(5-7-13)11-18-9-8-17-10-14(18)15(16)19/h4-7,14,17H,8-11H2,1-3H3,(H2,16,19). The van der Waals surface area contributed by atoms with E-state index in [1.807, 2.05) is 0 Å². The number of amides is 1. The number of carbonyl (C=O) groups excluding carboxylic acids is 1. The van der Waals surface area contributed by atoms with Gasteiger partial charge in [-0.05, 0) is 5.56 Å². The van der Waals surface area contributed by atoms with Gasteiger partial charge >= 0.3 is 0 Å². The number of benzene rings is 1. The van der Waals surface area contributed by atoms with Gasteiger partial charge in [0.15, 0.2) is 0 Å². The van der Waals surface area contributed by atoms with Gasteiger partial charge in [0, 0.05) is 26.2 Å². The highest BCUT2D eigenvalue weighted by Gasteiger charge is 2.26. The van der Waals surface area contributed by atoms with Gasteiger partial charge in [-0.15, -0.1) is 0 Å². The molecule has 1 aliphatic rings. The van der Waals surface area contributed by atoms with Gasteiger partial charge in [0.25, 0.3) is 0 Å². The smallest absolute Gasteiger partial charge is 0.236 e. The Morgan fingerprint density at radius 3 is 2.55 bits per heavy atom. The van der Waals surface area contributed by atoms with E-state index in [-0.39, 0.29) is 11.9 Å². The van der Waals surface area contributed by atoms with E-state index in [2.05, 4.69) is 54.1 Å². The van der Waals surface area contributed by atoms with Crippen LogP contribution < -0.4 is 16.2 Å². The molecule has 1 aliphatic heterocycles. The average molecular weight is 291 g/mol. The fourth-order valence-electron chi connectivity index (χ4n) is 2.56. The van der Waals surface area contributed by atoms with Crippen molar-refractivity contribution in [2.45, 2.75) is 32.2 Å². The number of nitrogens with two attached hydrogens (primary N) is 1. The molecular weight excluding hydrogens is 266 g/mol. The quantitative estimate of drug-likeness (QED) is 0.794. The van der Waals surface area contributed by atoms with Crippen LogP contribution in [-0.2, 0) is 11.3 Å². The predicted octanol–water partition coefficient (Wildman–Crippen LogP) is 0.491. The molecule has 1 atom stereocenters. The van der Waals surface area contributed by atoms with Crippen molar-refractivity contribution in [2.24, 2.45) is 5.73 Å². The van der Waals surface area contributed by atoms with Crippen molar-refractivity contribution >= 4 is 19.2 Å². The fourth-order valence-corrected chi connectivity index (χ4v) is 3.73. The Balaban J connectivity index is 2.07. The number of nitrogens with zero attached hydrogens (tertiary/aromatic N) is 1. The van der Waals surface area contributed by atoms with Gasteiger partial charge in [-0.3, -0.25) is 9.69 Å². The van der Waals surface area contributed by atoms with Crippen LogP contribution in [0.2, 0.25) is 19.6 Å². The Labute approximate surface area is 122 Å². The van der Waals surface area contributed by atoms with Crippen molar-refractivity contribution in [3.05, 3.63) is 29.8 Å². The van der Waals surface area contributed by atoms with Crippen LogP contribution >= 0.6 is 0 Å². The third kappa shape index (κ3) is 3.68. The zero-order valence-electron chi connectivity index (χ0n) is 12.6. The molecule has 0 spiro atoms. The summed E-state index contributed by atoms with van der Waals surface area (Å²) < 4.78 is 0. The highest BCUT2D eigenvalue weighted by molar-refractivity contribution is 6.88. The van der Waals surface area contributed by atoms with Crippen LogP contribution in [-0.4, -0.2) is 44.6 Å². The summed E-state index contributed by atoms with van der Waals surface area (Å²) in [6.07, 6.45) is 0. The number of nitrogens with one attached hydrogen (secondary N) is 1. The zero-order valence-corrected chi connectivity index (χ0v) is 13.6. The van der Waals surface area contributed by atoms with Crippen LogP contribution in [0.25, 0.3) is 0 Å². The van der Waals surface area contributed by atoms with Crippen molar-refractivity contribution in [1.29, 1.82) is 0 Å². The van der Waals surface area contributed by atoms with Crippen LogP contribution in [0.3, 0.4) is 0 Å². The topological polar surface area (TPSA) is 58.4 Å². The average Bonchev–Trinajstić information content (AvgIpc) is 2.38. The molecular formula is C15H25N3OSi. The molecule has 0 bridgehead atoms. The van der Waals surface area contributed by atoms with Gasteiger partial charge in [-0.25, -0.2) is 0 Å². The number of carbonyl (C=O) groups is 1. The minimum atomic E-state index is -1.24. The molecule has 4 nitrogen and oxygen atoms in total. The van der Waals surface area contributed by atoms with E-state index in [1.165, 1.54) is 10.8 Å². The lowest BCUT2D eigenvalue weighted by Crippen LogP contribution is -2.56. The molecule has 0 aliphatic carbocycles. The van der Waals surface area contributed by atoms with E-state index in [1.54, 1.807) is 0 Å². The van der Waals surface area contributed by atoms with Crippen LogP contribution in [0.15, 0.2) is 24.3 Å². The van der Waals surface area contributed by atoms with Crippen molar-refractivity contribution in [3.63, 3.8) is 0 Å². The monoisotopic (exact) mass is 291 g/mol. The molecule has 1 heterocycles. The molecule has 0 saturated carbocycles.